The lowest BCUT2D eigenvalue weighted by molar-refractivity contribution is 0.155. The Bertz CT molecular complexity index is 310. The van der Waals surface area contributed by atoms with Crippen LogP contribution in [0.1, 0.15) is 11.1 Å². The molecule has 1 aliphatic rings. The van der Waals surface area contributed by atoms with Crippen LogP contribution in [0.25, 0.3) is 0 Å². The van der Waals surface area contributed by atoms with Gasteiger partial charge in [-0.1, -0.05) is 29.8 Å². The van der Waals surface area contributed by atoms with Crippen molar-refractivity contribution in [3.05, 3.63) is 35.4 Å². The van der Waals surface area contributed by atoms with Crippen LogP contribution >= 0.6 is 0 Å². The number of nitrogens with zero attached hydrogens (tertiary/aromatic N) is 2. The lowest BCUT2D eigenvalue weighted by atomic mass is 10.1. The van der Waals surface area contributed by atoms with Crippen molar-refractivity contribution >= 4 is 0 Å². The van der Waals surface area contributed by atoms with Crippen LogP contribution in [0.5, 0.6) is 0 Å². The number of hydrogen-bond donors (Lipinski definition) is 0. The van der Waals surface area contributed by atoms with Gasteiger partial charge in [0.2, 0.25) is 0 Å². The molecule has 2 nitrogen and oxygen atoms in total. The summed E-state index contributed by atoms with van der Waals surface area (Å²) in [6, 6.07) is 8.93. The number of hydrogen-bond acceptors (Lipinski definition) is 2. The van der Waals surface area contributed by atoms with Crippen molar-refractivity contribution in [2.45, 2.75) is 13.3 Å². The van der Waals surface area contributed by atoms with E-state index in [-0.39, 0.29) is 0 Å². The minimum Gasteiger partial charge on any atom is -0.304 e. The molecule has 2 rings (SSSR count). The first-order valence-electron chi connectivity index (χ1n) is 6.20. The topological polar surface area (TPSA) is 6.48 Å². The van der Waals surface area contributed by atoms with Gasteiger partial charge in [0.05, 0.1) is 0 Å². The van der Waals surface area contributed by atoms with E-state index in [9.17, 15) is 0 Å². The molecule has 0 aliphatic carbocycles. The highest BCUT2D eigenvalue weighted by atomic mass is 15.2. The van der Waals surface area contributed by atoms with Gasteiger partial charge in [-0.15, -0.1) is 0 Å². The van der Waals surface area contributed by atoms with Crippen LogP contribution in [-0.4, -0.2) is 49.6 Å². The van der Waals surface area contributed by atoms with E-state index in [1.54, 1.807) is 0 Å². The molecular formula is C14H22N2. The molecule has 0 amide bonds. The molecule has 1 saturated heterocycles. The molecule has 1 heterocycles. The van der Waals surface area contributed by atoms with E-state index in [4.69, 9.17) is 0 Å². The molecule has 1 aromatic rings. The monoisotopic (exact) mass is 218 g/mol. The quantitative estimate of drug-likeness (QED) is 0.763. The van der Waals surface area contributed by atoms with Gasteiger partial charge in [0.15, 0.2) is 0 Å². The van der Waals surface area contributed by atoms with Crippen molar-refractivity contribution in [2.24, 2.45) is 0 Å². The zero-order valence-corrected chi connectivity index (χ0v) is 10.4. The van der Waals surface area contributed by atoms with E-state index in [2.05, 4.69) is 48.0 Å². The summed E-state index contributed by atoms with van der Waals surface area (Å²) in [6.45, 7) is 8.23. The Hall–Kier alpha value is -0.860. The van der Waals surface area contributed by atoms with Gasteiger partial charge >= 0.3 is 0 Å². The van der Waals surface area contributed by atoms with Crippen molar-refractivity contribution in [2.75, 3.05) is 39.8 Å². The summed E-state index contributed by atoms with van der Waals surface area (Å²) in [7, 11) is 2.21. The van der Waals surface area contributed by atoms with Crippen LogP contribution in [0.2, 0.25) is 0 Å². The second-order valence-corrected chi connectivity index (χ2v) is 4.88. The molecule has 0 radical (unpaired) electrons. The van der Waals surface area contributed by atoms with Gasteiger partial charge in [-0.05, 0) is 26.0 Å². The molecule has 1 aromatic carbocycles. The maximum Gasteiger partial charge on any atom is 0.0110 e. The summed E-state index contributed by atoms with van der Waals surface area (Å²) in [4.78, 5) is 4.97. The van der Waals surface area contributed by atoms with Gasteiger partial charge in [-0.2, -0.15) is 0 Å². The fourth-order valence-corrected chi connectivity index (χ4v) is 2.11. The third-order valence-corrected chi connectivity index (χ3v) is 3.43. The standard InChI is InChI=1S/C14H22N2/c1-13-3-5-14(6-4-13)7-8-16-11-9-15(2)10-12-16/h3-6H,7-12H2,1-2H3. The van der Waals surface area contributed by atoms with E-state index in [0.717, 1.165) is 0 Å². The molecule has 0 bridgehead atoms. The molecule has 1 aliphatic heterocycles. The summed E-state index contributed by atoms with van der Waals surface area (Å²) in [5.74, 6) is 0. The van der Waals surface area contributed by atoms with Crippen molar-refractivity contribution in [3.63, 3.8) is 0 Å². The molecule has 0 N–H and O–H groups in total. The maximum absolute atomic E-state index is 2.57. The van der Waals surface area contributed by atoms with E-state index >= 15 is 0 Å². The Morgan fingerprint density at radius 1 is 1.00 bits per heavy atom. The van der Waals surface area contributed by atoms with Crippen molar-refractivity contribution in [1.29, 1.82) is 0 Å². The predicted octanol–water partition coefficient (Wildman–Crippen LogP) is 1.78. The van der Waals surface area contributed by atoms with Crippen LogP contribution in [-0.2, 0) is 6.42 Å². The van der Waals surface area contributed by atoms with Crippen LogP contribution in [0.4, 0.5) is 0 Å². The summed E-state index contributed by atoms with van der Waals surface area (Å²) in [5, 5.41) is 0. The lowest BCUT2D eigenvalue weighted by Crippen LogP contribution is -2.45. The molecule has 2 heteroatoms. The highest BCUT2D eigenvalue weighted by molar-refractivity contribution is 5.21. The van der Waals surface area contributed by atoms with Crippen LogP contribution < -0.4 is 0 Å². The first kappa shape index (κ1) is 11.6. The lowest BCUT2D eigenvalue weighted by Gasteiger charge is -2.32. The predicted molar refractivity (Wildman–Crippen MR) is 68.8 cm³/mol. The van der Waals surface area contributed by atoms with E-state index in [1.807, 2.05) is 0 Å². The Kier molecular flexibility index (Phi) is 3.97. The van der Waals surface area contributed by atoms with Crippen molar-refractivity contribution in [3.8, 4) is 0 Å². The van der Waals surface area contributed by atoms with E-state index in [0.29, 0.717) is 0 Å². The second kappa shape index (κ2) is 5.46. The number of piperazine rings is 1. The second-order valence-electron chi connectivity index (χ2n) is 4.88. The normalized spacial score (nSPS) is 18.9. The molecular weight excluding hydrogens is 196 g/mol. The molecule has 88 valence electrons. The van der Waals surface area contributed by atoms with E-state index < -0.39 is 0 Å². The Balaban J connectivity index is 1.77. The first-order chi connectivity index (χ1) is 7.74. The van der Waals surface area contributed by atoms with Crippen LogP contribution in [0.3, 0.4) is 0 Å². The molecule has 0 unspecified atom stereocenters. The molecule has 0 spiro atoms. The number of likely N-dealkylation sites (N-methyl/N-ethyl adjacent to an activating group) is 1. The SMILES string of the molecule is Cc1ccc(CCN2CCN(C)CC2)cc1. The van der Waals surface area contributed by atoms with E-state index in [1.165, 1.54) is 50.3 Å². The highest BCUT2D eigenvalue weighted by Crippen LogP contribution is 2.06. The van der Waals surface area contributed by atoms with Gasteiger partial charge < -0.3 is 9.80 Å². The van der Waals surface area contributed by atoms with Crippen LogP contribution in [0, 0.1) is 6.92 Å². The van der Waals surface area contributed by atoms with Gasteiger partial charge in [0, 0.05) is 32.7 Å². The molecule has 16 heavy (non-hydrogen) atoms. The van der Waals surface area contributed by atoms with Gasteiger partial charge in [0.25, 0.3) is 0 Å². The summed E-state index contributed by atoms with van der Waals surface area (Å²) < 4.78 is 0. The molecule has 1 fully saturated rings. The summed E-state index contributed by atoms with van der Waals surface area (Å²) in [6.07, 6.45) is 1.18. The Labute approximate surface area is 98.9 Å². The summed E-state index contributed by atoms with van der Waals surface area (Å²) in [5.41, 5.74) is 2.81. The minimum atomic E-state index is 1.18. The zero-order valence-electron chi connectivity index (χ0n) is 10.4. The third kappa shape index (κ3) is 3.32. The summed E-state index contributed by atoms with van der Waals surface area (Å²) >= 11 is 0. The Morgan fingerprint density at radius 2 is 1.62 bits per heavy atom. The van der Waals surface area contributed by atoms with Gasteiger partial charge in [0.1, 0.15) is 0 Å². The number of rotatable bonds is 3. The van der Waals surface area contributed by atoms with Crippen molar-refractivity contribution < 1.29 is 0 Å². The smallest absolute Gasteiger partial charge is 0.0110 e. The number of aryl methyl sites for hydroxylation is 1. The highest BCUT2D eigenvalue weighted by Gasteiger charge is 2.12. The molecule has 0 saturated carbocycles. The van der Waals surface area contributed by atoms with Gasteiger partial charge in [-0.25, -0.2) is 0 Å². The minimum absolute atomic E-state index is 1.18. The third-order valence-electron chi connectivity index (χ3n) is 3.43. The maximum atomic E-state index is 2.57. The fraction of sp³-hybridized carbons (Fsp3) is 0.571. The number of benzene rings is 1. The largest absolute Gasteiger partial charge is 0.304 e. The van der Waals surface area contributed by atoms with Gasteiger partial charge in [-0.3, -0.25) is 0 Å². The fourth-order valence-electron chi connectivity index (χ4n) is 2.11. The van der Waals surface area contributed by atoms with Crippen LogP contribution in [0.15, 0.2) is 24.3 Å². The Morgan fingerprint density at radius 3 is 2.25 bits per heavy atom. The average molecular weight is 218 g/mol. The molecule has 0 aromatic heterocycles. The van der Waals surface area contributed by atoms with Crippen molar-refractivity contribution in [1.82, 2.24) is 9.80 Å². The molecule has 0 atom stereocenters. The zero-order chi connectivity index (χ0) is 11.4. The average Bonchev–Trinajstić information content (AvgIpc) is 2.30. The first-order valence-corrected chi connectivity index (χ1v) is 6.20.